The zero-order valence-electron chi connectivity index (χ0n) is 6.22. The first kappa shape index (κ1) is 9.50. The van der Waals surface area contributed by atoms with Gasteiger partial charge in [0.05, 0.1) is 9.40 Å². The molecular weight excluding hydrogens is 240 g/mol. The first-order chi connectivity index (χ1) is 6.15. The lowest BCUT2D eigenvalue weighted by molar-refractivity contribution is -0.385. The van der Waals surface area contributed by atoms with Gasteiger partial charge in [0.15, 0.2) is 0 Å². The Morgan fingerprint density at radius 2 is 2.31 bits per heavy atom. The molecule has 0 saturated heterocycles. The number of nitro benzene ring substituents is 1. The molecule has 13 heavy (non-hydrogen) atoms. The molecule has 66 valence electrons. The highest BCUT2D eigenvalue weighted by Crippen LogP contribution is 2.28. The predicted molar refractivity (Wildman–Crippen MR) is 49.6 cm³/mol. The Morgan fingerprint density at radius 1 is 1.62 bits per heavy atom. The summed E-state index contributed by atoms with van der Waals surface area (Å²) >= 11 is 2.99. The van der Waals surface area contributed by atoms with Gasteiger partial charge in [-0.2, -0.15) is 0 Å². The fourth-order valence-corrected chi connectivity index (χ4v) is 1.27. The second kappa shape index (κ2) is 3.88. The van der Waals surface area contributed by atoms with Gasteiger partial charge in [-0.15, -0.1) is 0 Å². The fraction of sp³-hybridized carbons (Fsp3) is 0. The average Bonchev–Trinajstić information content (AvgIpc) is 2.04. The van der Waals surface area contributed by atoms with Crippen LogP contribution in [0.4, 0.5) is 11.4 Å². The number of benzene rings is 1. The minimum atomic E-state index is -0.524. The van der Waals surface area contributed by atoms with E-state index in [9.17, 15) is 10.1 Å². The van der Waals surface area contributed by atoms with Crippen LogP contribution in [0.5, 0.6) is 0 Å². The van der Waals surface area contributed by atoms with Crippen LogP contribution < -0.4 is 0 Å². The zero-order chi connectivity index (χ0) is 9.84. The van der Waals surface area contributed by atoms with Gasteiger partial charge in [-0.25, -0.2) is 0 Å². The van der Waals surface area contributed by atoms with Gasteiger partial charge in [-0.05, 0) is 33.6 Å². The highest BCUT2D eigenvalue weighted by atomic mass is 79.9. The van der Waals surface area contributed by atoms with Gasteiger partial charge in [-0.3, -0.25) is 10.1 Å². The molecule has 7 heteroatoms. The lowest BCUT2D eigenvalue weighted by Gasteiger charge is -1.95. The highest BCUT2D eigenvalue weighted by Gasteiger charge is 2.10. The van der Waals surface area contributed by atoms with Crippen molar-refractivity contribution in [1.82, 2.24) is 0 Å². The summed E-state index contributed by atoms with van der Waals surface area (Å²) in [5, 5.41) is 13.7. The molecule has 0 aliphatic heterocycles. The normalized spacial score (nSPS) is 9.00. The third-order valence-electron chi connectivity index (χ3n) is 1.29. The lowest BCUT2D eigenvalue weighted by atomic mass is 10.3. The number of nitrogens with zero attached hydrogens (tertiary/aromatic N) is 4. The molecule has 1 aromatic carbocycles. The quantitative estimate of drug-likeness (QED) is 0.262. The molecule has 0 radical (unpaired) electrons. The fourth-order valence-electron chi connectivity index (χ4n) is 0.758. The molecule has 0 aromatic heterocycles. The Hall–Kier alpha value is -1.59. The van der Waals surface area contributed by atoms with Crippen LogP contribution in [0.2, 0.25) is 0 Å². The van der Waals surface area contributed by atoms with Crippen LogP contribution in [0.3, 0.4) is 0 Å². The molecule has 0 unspecified atom stereocenters. The van der Waals surface area contributed by atoms with Gasteiger partial charge >= 0.3 is 0 Å². The van der Waals surface area contributed by atoms with Crippen LogP contribution in [-0.4, -0.2) is 4.92 Å². The molecule has 0 aliphatic carbocycles. The van der Waals surface area contributed by atoms with E-state index in [1.54, 1.807) is 0 Å². The molecule has 0 spiro atoms. The van der Waals surface area contributed by atoms with Crippen molar-refractivity contribution >= 4 is 27.3 Å². The van der Waals surface area contributed by atoms with Crippen molar-refractivity contribution in [3.05, 3.63) is 43.2 Å². The van der Waals surface area contributed by atoms with Gasteiger partial charge in [0.2, 0.25) is 0 Å². The van der Waals surface area contributed by atoms with Crippen LogP contribution in [0.15, 0.2) is 27.8 Å². The van der Waals surface area contributed by atoms with Gasteiger partial charge < -0.3 is 0 Å². The van der Waals surface area contributed by atoms with Crippen molar-refractivity contribution in [1.29, 1.82) is 0 Å². The van der Waals surface area contributed by atoms with Crippen LogP contribution >= 0.6 is 15.9 Å². The smallest absolute Gasteiger partial charge is 0.258 e. The summed E-state index contributed by atoms with van der Waals surface area (Å²) in [5.41, 5.74) is 8.37. The van der Waals surface area contributed by atoms with E-state index >= 15 is 0 Å². The molecule has 0 amide bonds. The Morgan fingerprint density at radius 3 is 2.77 bits per heavy atom. The van der Waals surface area contributed by atoms with Crippen LogP contribution in [0.25, 0.3) is 10.4 Å². The lowest BCUT2D eigenvalue weighted by Crippen LogP contribution is -1.87. The summed E-state index contributed by atoms with van der Waals surface area (Å²) in [6, 6.07) is 4.04. The van der Waals surface area contributed by atoms with E-state index in [0.29, 0.717) is 10.2 Å². The van der Waals surface area contributed by atoms with Gasteiger partial charge in [0.25, 0.3) is 5.69 Å². The number of halogens is 1. The van der Waals surface area contributed by atoms with Crippen molar-refractivity contribution < 1.29 is 4.92 Å². The number of azide groups is 1. The average molecular weight is 243 g/mol. The number of hydrogen-bond donors (Lipinski definition) is 0. The van der Waals surface area contributed by atoms with E-state index in [-0.39, 0.29) is 5.69 Å². The second-order valence-corrected chi connectivity index (χ2v) is 2.94. The maximum absolute atomic E-state index is 10.4. The predicted octanol–water partition coefficient (Wildman–Crippen LogP) is 3.30. The first-order valence-corrected chi connectivity index (χ1v) is 3.93. The van der Waals surface area contributed by atoms with Crippen molar-refractivity contribution in [2.24, 2.45) is 5.11 Å². The molecule has 0 N–H and O–H groups in total. The largest absolute Gasteiger partial charge is 0.283 e. The van der Waals surface area contributed by atoms with Crippen LogP contribution in [0.1, 0.15) is 0 Å². The van der Waals surface area contributed by atoms with E-state index in [0.717, 1.165) is 0 Å². The molecule has 1 rings (SSSR count). The number of nitro groups is 1. The SMILES string of the molecule is [N-]=[N+]=Nc1ccc([N+](=O)[O-])c(Br)c1. The van der Waals surface area contributed by atoms with Crippen molar-refractivity contribution in [2.45, 2.75) is 0 Å². The van der Waals surface area contributed by atoms with E-state index in [2.05, 4.69) is 26.0 Å². The summed E-state index contributed by atoms with van der Waals surface area (Å²) in [7, 11) is 0. The Bertz CT molecular complexity index is 400. The zero-order valence-corrected chi connectivity index (χ0v) is 7.80. The maximum atomic E-state index is 10.4. The Balaban J connectivity index is 3.19. The maximum Gasteiger partial charge on any atom is 0.283 e. The topological polar surface area (TPSA) is 91.9 Å². The van der Waals surface area contributed by atoms with E-state index in [1.165, 1.54) is 18.2 Å². The summed E-state index contributed by atoms with van der Waals surface area (Å²) in [6.07, 6.45) is 0. The van der Waals surface area contributed by atoms with Crippen LogP contribution in [-0.2, 0) is 0 Å². The van der Waals surface area contributed by atoms with E-state index in [4.69, 9.17) is 5.53 Å². The number of rotatable bonds is 2. The van der Waals surface area contributed by atoms with Gasteiger partial charge in [0.1, 0.15) is 0 Å². The molecule has 0 atom stereocenters. The molecular formula is C6H3BrN4O2. The second-order valence-electron chi connectivity index (χ2n) is 2.08. The van der Waals surface area contributed by atoms with Crippen molar-refractivity contribution in [3.63, 3.8) is 0 Å². The molecule has 1 aromatic rings. The summed E-state index contributed by atoms with van der Waals surface area (Å²) in [5.74, 6) is 0. The molecule has 0 fully saturated rings. The minimum absolute atomic E-state index is 0.0584. The van der Waals surface area contributed by atoms with Crippen LogP contribution in [0, 0.1) is 10.1 Å². The minimum Gasteiger partial charge on any atom is -0.258 e. The van der Waals surface area contributed by atoms with Crippen molar-refractivity contribution in [2.75, 3.05) is 0 Å². The third-order valence-corrected chi connectivity index (χ3v) is 1.92. The monoisotopic (exact) mass is 242 g/mol. The highest BCUT2D eigenvalue weighted by molar-refractivity contribution is 9.10. The summed E-state index contributed by atoms with van der Waals surface area (Å²) in [6.45, 7) is 0. The van der Waals surface area contributed by atoms with Gasteiger partial charge in [0, 0.05) is 16.7 Å². The summed E-state index contributed by atoms with van der Waals surface area (Å²) in [4.78, 5) is 12.4. The van der Waals surface area contributed by atoms with Gasteiger partial charge in [-0.1, -0.05) is 5.11 Å². The molecule has 0 bridgehead atoms. The Labute approximate surface area is 81.1 Å². The Kier molecular flexibility index (Phi) is 2.84. The molecule has 0 saturated carbocycles. The van der Waals surface area contributed by atoms with Crippen molar-refractivity contribution in [3.8, 4) is 0 Å². The standard InChI is InChI=1S/C6H3BrN4O2/c7-5-3-4(9-10-8)1-2-6(5)11(12)13/h1-3H. The first-order valence-electron chi connectivity index (χ1n) is 3.14. The molecule has 0 heterocycles. The molecule has 0 aliphatic rings. The molecule has 6 nitrogen and oxygen atoms in total. The summed E-state index contributed by atoms with van der Waals surface area (Å²) < 4.78 is 0.294. The van der Waals surface area contributed by atoms with E-state index in [1.807, 2.05) is 0 Å². The third kappa shape index (κ3) is 2.17. The van der Waals surface area contributed by atoms with E-state index < -0.39 is 4.92 Å². The number of hydrogen-bond acceptors (Lipinski definition) is 3.